The van der Waals surface area contributed by atoms with Crippen LogP contribution in [0.25, 0.3) is 0 Å². The summed E-state index contributed by atoms with van der Waals surface area (Å²) in [7, 11) is 0. The summed E-state index contributed by atoms with van der Waals surface area (Å²) in [5, 5.41) is 24.3. The fraction of sp³-hybridized carbons (Fsp3) is 0.483. The number of rotatable bonds is 7. The smallest absolute Gasteiger partial charge is 0.349 e. The number of thioether (sulfide) groups is 1. The Balaban J connectivity index is 1.62. The highest BCUT2D eigenvalue weighted by Crippen LogP contribution is 2.46. The standard InChI is InChI=1S/C29H37NO4S/c1-18(2)29(12-10-19-8-6-7-9-21(19)17-31)16-24(32)26(27(33)34-29)35-25-14-20-11-13-30-23(20)15-22(25)28(3,4)5/h6-9,14-15,18,30-32H,10-13,16-17H2,1-5H3. The molecule has 2 aromatic rings. The van der Waals surface area contributed by atoms with Crippen LogP contribution in [0.5, 0.6) is 0 Å². The summed E-state index contributed by atoms with van der Waals surface area (Å²) < 4.78 is 6.15. The highest BCUT2D eigenvalue weighted by Gasteiger charge is 2.44. The number of benzene rings is 2. The lowest BCUT2D eigenvalue weighted by molar-refractivity contribution is -0.164. The maximum atomic E-state index is 13.3. The number of carbonyl (C=O) groups excluding carboxylic acids is 1. The van der Waals surface area contributed by atoms with Gasteiger partial charge in [-0.15, -0.1) is 0 Å². The Morgan fingerprint density at radius 2 is 1.89 bits per heavy atom. The van der Waals surface area contributed by atoms with E-state index in [0.29, 0.717) is 12.8 Å². The second-order valence-electron chi connectivity index (χ2n) is 11.0. The Morgan fingerprint density at radius 3 is 2.51 bits per heavy atom. The minimum absolute atomic E-state index is 0.0248. The molecular formula is C29H37NO4S. The first-order valence-electron chi connectivity index (χ1n) is 12.5. The van der Waals surface area contributed by atoms with Gasteiger partial charge in [-0.3, -0.25) is 0 Å². The van der Waals surface area contributed by atoms with Gasteiger partial charge < -0.3 is 20.3 Å². The molecule has 2 aliphatic rings. The maximum Gasteiger partial charge on any atom is 0.349 e. The molecule has 5 nitrogen and oxygen atoms in total. The molecule has 35 heavy (non-hydrogen) atoms. The van der Waals surface area contributed by atoms with Gasteiger partial charge in [0.1, 0.15) is 16.3 Å². The van der Waals surface area contributed by atoms with E-state index in [-0.39, 0.29) is 35.0 Å². The highest BCUT2D eigenvalue weighted by molar-refractivity contribution is 8.04. The van der Waals surface area contributed by atoms with Crippen LogP contribution < -0.4 is 5.32 Å². The van der Waals surface area contributed by atoms with Crippen molar-refractivity contribution < 1.29 is 19.7 Å². The SMILES string of the molecule is CC(C)C1(CCc2ccccc2CO)CC(O)=C(Sc2cc3c(cc2C(C)(C)C)NCC3)C(=O)O1. The van der Waals surface area contributed by atoms with Crippen LogP contribution in [0, 0.1) is 5.92 Å². The number of anilines is 1. The normalized spacial score (nSPS) is 20.1. The van der Waals surface area contributed by atoms with Gasteiger partial charge in [-0.1, -0.05) is 70.6 Å². The molecule has 0 aromatic heterocycles. The monoisotopic (exact) mass is 495 g/mol. The van der Waals surface area contributed by atoms with E-state index in [4.69, 9.17) is 4.74 Å². The van der Waals surface area contributed by atoms with Crippen molar-refractivity contribution in [2.75, 3.05) is 11.9 Å². The first-order valence-corrected chi connectivity index (χ1v) is 13.3. The van der Waals surface area contributed by atoms with E-state index in [2.05, 4.69) is 38.2 Å². The molecule has 6 heteroatoms. The summed E-state index contributed by atoms with van der Waals surface area (Å²) in [5.41, 5.74) is 4.56. The van der Waals surface area contributed by atoms with Gasteiger partial charge in [0.2, 0.25) is 0 Å². The average molecular weight is 496 g/mol. The molecule has 0 radical (unpaired) electrons. The second-order valence-corrected chi connectivity index (χ2v) is 12.1. The van der Waals surface area contributed by atoms with Crippen LogP contribution >= 0.6 is 11.8 Å². The molecule has 2 heterocycles. The van der Waals surface area contributed by atoms with Crippen LogP contribution in [0.1, 0.15) is 69.7 Å². The predicted molar refractivity (Wildman–Crippen MR) is 142 cm³/mol. The van der Waals surface area contributed by atoms with Crippen molar-refractivity contribution in [3.05, 3.63) is 69.3 Å². The van der Waals surface area contributed by atoms with Crippen LogP contribution in [-0.2, 0) is 34.4 Å². The number of aryl methyl sites for hydroxylation is 1. The number of aliphatic hydroxyl groups excluding tert-OH is 2. The van der Waals surface area contributed by atoms with Crippen LogP contribution in [0.15, 0.2) is 52.0 Å². The van der Waals surface area contributed by atoms with E-state index in [9.17, 15) is 15.0 Å². The van der Waals surface area contributed by atoms with Crippen molar-refractivity contribution in [3.63, 3.8) is 0 Å². The van der Waals surface area contributed by atoms with Gasteiger partial charge in [0.25, 0.3) is 0 Å². The zero-order valence-electron chi connectivity index (χ0n) is 21.4. The quantitative estimate of drug-likeness (QED) is 0.392. The number of hydrogen-bond acceptors (Lipinski definition) is 6. The number of carbonyl (C=O) groups is 1. The Hall–Kier alpha value is -2.44. The number of esters is 1. The molecule has 0 saturated carbocycles. The largest absolute Gasteiger partial charge is 0.511 e. The minimum atomic E-state index is -0.789. The van der Waals surface area contributed by atoms with Crippen molar-refractivity contribution in [3.8, 4) is 0 Å². The fourth-order valence-corrected chi connectivity index (χ4v) is 6.22. The minimum Gasteiger partial charge on any atom is -0.511 e. The van der Waals surface area contributed by atoms with E-state index in [0.717, 1.165) is 40.2 Å². The molecule has 3 N–H and O–H groups in total. The molecule has 4 rings (SSSR count). The number of cyclic esters (lactones) is 1. The van der Waals surface area contributed by atoms with E-state index >= 15 is 0 Å². The molecular weight excluding hydrogens is 458 g/mol. The van der Waals surface area contributed by atoms with Crippen LogP contribution in [-0.4, -0.2) is 28.3 Å². The number of fused-ring (bicyclic) bond motifs is 1. The third kappa shape index (κ3) is 5.24. The molecule has 2 aromatic carbocycles. The fourth-order valence-electron chi connectivity index (χ4n) is 5.01. The third-order valence-electron chi connectivity index (χ3n) is 7.30. The van der Waals surface area contributed by atoms with Crippen molar-refractivity contribution in [2.45, 2.75) is 82.8 Å². The summed E-state index contributed by atoms with van der Waals surface area (Å²) >= 11 is 1.33. The summed E-state index contributed by atoms with van der Waals surface area (Å²) in [4.78, 5) is 14.6. The number of hydrogen-bond donors (Lipinski definition) is 3. The van der Waals surface area contributed by atoms with E-state index in [1.807, 2.05) is 38.1 Å². The lowest BCUT2D eigenvalue weighted by Crippen LogP contribution is -2.44. The first-order chi connectivity index (χ1) is 16.5. The van der Waals surface area contributed by atoms with Crippen molar-refractivity contribution in [2.24, 2.45) is 5.92 Å². The molecule has 1 unspecified atom stereocenters. The average Bonchev–Trinajstić information content (AvgIpc) is 3.26. The number of aliphatic hydroxyl groups is 2. The van der Waals surface area contributed by atoms with Crippen molar-refractivity contribution in [1.82, 2.24) is 0 Å². The maximum absolute atomic E-state index is 13.3. The molecule has 0 bridgehead atoms. The van der Waals surface area contributed by atoms with E-state index in [1.54, 1.807) is 0 Å². The van der Waals surface area contributed by atoms with Gasteiger partial charge in [-0.05, 0) is 65.0 Å². The predicted octanol–water partition coefficient (Wildman–Crippen LogP) is 6.28. The van der Waals surface area contributed by atoms with Crippen molar-refractivity contribution in [1.29, 1.82) is 0 Å². The number of ether oxygens (including phenoxy) is 1. The first kappa shape index (κ1) is 25.6. The Labute approximate surface area is 213 Å². The highest BCUT2D eigenvalue weighted by atomic mass is 32.2. The molecule has 1 atom stereocenters. The summed E-state index contributed by atoms with van der Waals surface area (Å²) in [6.45, 7) is 11.4. The molecule has 0 saturated heterocycles. The zero-order valence-corrected chi connectivity index (χ0v) is 22.2. The molecule has 0 amide bonds. The molecule has 188 valence electrons. The summed E-state index contributed by atoms with van der Waals surface area (Å²) in [6, 6.07) is 12.1. The molecule has 0 fully saturated rings. The van der Waals surface area contributed by atoms with Crippen molar-refractivity contribution >= 4 is 23.4 Å². The molecule has 0 spiro atoms. The van der Waals surface area contributed by atoms with Crippen LogP contribution in [0.4, 0.5) is 5.69 Å². The zero-order chi connectivity index (χ0) is 25.4. The third-order valence-corrected chi connectivity index (χ3v) is 8.47. The van der Waals surface area contributed by atoms with Gasteiger partial charge in [-0.2, -0.15) is 0 Å². The molecule has 0 aliphatic carbocycles. The lowest BCUT2D eigenvalue weighted by atomic mass is 9.79. The Morgan fingerprint density at radius 1 is 1.17 bits per heavy atom. The van der Waals surface area contributed by atoms with Gasteiger partial charge in [0, 0.05) is 23.5 Å². The number of nitrogens with one attached hydrogen (secondary N) is 1. The van der Waals surface area contributed by atoms with Gasteiger partial charge in [0.15, 0.2) is 0 Å². The van der Waals surface area contributed by atoms with E-state index in [1.165, 1.54) is 17.3 Å². The lowest BCUT2D eigenvalue weighted by Gasteiger charge is -2.40. The van der Waals surface area contributed by atoms with Gasteiger partial charge >= 0.3 is 5.97 Å². The van der Waals surface area contributed by atoms with Gasteiger partial charge in [-0.25, -0.2) is 4.79 Å². The Kier molecular flexibility index (Phi) is 7.26. The molecule has 2 aliphatic heterocycles. The second kappa shape index (κ2) is 9.90. The van der Waals surface area contributed by atoms with Crippen LogP contribution in [0.3, 0.4) is 0 Å². The van der Waals surface area contributed by atoms with Gasteiger partial charge in [0.05, 0.1) is 6.61 Å². The summed E-state index contributed by atoms with van der Waals surface area (Å²) in [6.07, 6.45) is 2.48. The topological polar surface area (TPSA) is 78.8 Å². The van der Waals surface area contributed by atoms with Crippen LogP contribution in [0.2, 0.25) is 0 Å². The van der Waals surface area contributed by atoms with E-state index < -0.39 is 11.6 Å². The summed E-state index contributed by atoms with van der Waals surface area (Å²) in [5.74, 6) is -0.326. The Bertz CT molecular complexity index is 1150.